The lowest BCUT2D eigenvalue weighted by Gasteiger charge is -2.08. The zero-order chi connectivity index (χ0) is 16.2. The van der Waals surface area contributed by atoms with Crippen molar-refractivity contribution in [3.8, 4) is 0 Å². The van der Waals surface area contributed by atoms with Crippen LogP contribution >= 0.6 is 24.0 Å². The number of hydrogen-bond donors (Lipinski definition) is 2. The SMILES string of the molecule is Cc1cc(F)ccc1CCN=C(N)Nc1ccc2c(c1)CCC2.I. The summed E-state index contributed by atoms with van der Waals surface area (Å²) < 4.78 is 13.1. The van der Waals surface area contributed by atoms with E-state index in [1.54, 1.807) is 6.07 Å². The first kappa shape index (κ1) is 18.7. The van der Waals surface area contributed by atoms with Gasteiger partial charge in [0.05, 0.1) is 0 Å². The molecule has 0 spiro atoms. The Balaban J connectivity index is 0.00000208. The summed E-state index contributed by atoms with van der Waals surface area (Å²) in [6.07, 6.45) is 4.31. The summed E-state index contributed by atoms with van der Waals surface area (Å²) in [5.74, 6) is 0.218. The molecule has 0 amide bonds. The summed E-state index contributed by atoms with van der Waals surface area (Å²) >= 11 is 0. The van der Waals surface area contributed by atoms with Crippen molar-refractivity contribution in [2.45, 2.75) is 32.6 Å². The maximum absolute atomic E-state index is 13.1. The Kier molecular flexibility index (Phi) is 6.60. The minimum Gasteiger partial charge on any atom is -0.370 e. The van der Waals surface area contributed by atoms with Gasteiger partial charge in [0.1, 0.15) is 5.82 Å². The average molecular weight is 439 g/mol. The van der Waals surface area contributed by atoms with E-state index in [-0.39, 0.29) is 29.8 Å². The number of nitrogens with zero attached hydrogens (tertiary/aromatic N) is 1. The third-order valence-electron chi connectivity index (χ3n) is 4.34. The van der Waals surface area contributed by atoms with E-state index in [9.17, 15) is 4.39 Å². The van der Waals surface area contributed by atoms with Crippen LogP contribution in [0.2, 0.25) is 0 Å². The summed E-state index contributed by atoms with van der Waals surface area (Å²) in [7, 11) is 0. The summed E-state index contributed by atoms with van der Waals surface area (Å²) in [6.45, 7) is 2.49. The van der Waals surface area contributed by atoms with Crippen molar-refractivity contribution >= 4 is 35.6 Å². The molecule has 0 atom stereocenters. The van der Waals surface area contributed by atoms with Crippen molar-refractivity contribution in [2.24, 2.45) is 10.7 Å². The largest absolute Gasteiger partial charge is 0.370 e. The maximum Gasteiger partial charge on any atom is 0.193 e. The zero-order valence-corrected chi connectivity index (χ0v) is 16.1. The van der Waals surface area contributed by atoms with Crippen molar-refractivity contribution in [1.82, 2.24) is 0 Å². The fourth-order valence-corrected chi connectivity index (χ4v) is 3.07. The van der Waals surface area contributed by atoms with Gasteiger partial charge in [-0.1, -0.05) is 12.1 Å². The molecule has 3 rings (SSSR count). The van der Waals surface area contributed by atoms with Crippen LogP contribution in [0, 0.1) is 12.7 Å². The Morgan fingerprint density at radius 3 is 2.75 bits per heavy atom. The predicted octanol–water partition coefficient (Wildman–Crippen LogP) is 4.21. The fraction of sp³-hybridized carbons (Fsp3) is 0.316. The zero-order valence-electron chi connectivity index (χ0n) is 13.8. The van der Waals surface area contributed by atoms with Crippen LogP contribution in [0.1, 0.15) is 28.7 Å². The van der Waals surface area contributed by atoms with Crippen LogP contribution in [0.3, 0.4) is 0 Å². The number of anilines is 1. The molecular formula is C19H23FIN3. The van der Waals surface area contributed by atoms with E-state index >= 15 is 0 Å². The van der Waals surface area contributed by atoms with Crippen LogP contribution in [0.15, 0.2) is 41.4 Å². The molecule has 0 fully saturated rings. The van der Waals surface area contributed by atoms with E-state index in [1.165, 1.54) is 30.0 Å². The number of nitrogens with two attached hydrogens (primary N) is 1. The molecule has 3 nitrogen and oxygen atoms in total. The van der Waals surface area contributed by atoms with Crippen LogP contribution in [0.5, 0.6) is 0 Å². The minimum atomic E-state index is -0.201. The van der Waals surface area contributed by atoms with E-state index in [0.29, 0.717) is 12.5 Å². The van der Waals surface area contributed by atoms with E-state index in [4.69, 9.17) is 5.73 Å². The number of guanidine groups is 1. The minimum absolute atomic E-state index is 0. The van der Waals surface area contributed by atoms with Crippen LogP contribution in [-0.2, 0) is 19.3 Å². The molecule has 0 bridgehead atoms. The molecule has 5 heteroatoms. The highest BCUT2D eigenvalue weighted by molar-refractivity contribution is 14.0. The van der Waals surface area contributed by atoms with E-state index in [0.717, 1.165) is 29.7 Å². The monoisotopic (exact) mass is 439 g/mol. The number of benzene rings is 2. The molecule has 1 aliphatic rings. The number of halogens is 2. The van der Waals surface area contributed by atoms with Gasteiger partial charge in [-0.3, -0.25) is 4.99 Å². The molecule has 0 aromatic heterocycles. The lowest BCUT2D eigenvalue weighted by atomic mass is 10.1. The predicted molar refractivity (Wildman–Crippen MR) is 109 cm³/mol. The average Bonchev–Trinajstić information content (AvgIpc) is 2.97. The van der Waals surface area contributed by atoms with E-state index in [1.807, 2.05) is 13.0 Å². The second-order valence-electron chi connectivity index (χ2n) is 6.05. The number of hydrogen-bond acceptors (Lipinski definition) is 1. The van der Waals surface area contributed by atoms with Crippen molar-refractivity contribution in [1.29, 1.82) is 0 Å². The molecule has 0 aliphatic heterocycles. The fourth-order valence-electron chi connectivity index (χ4n) is 3.07. The van der Waals surface area contributed by atoms with Crippen molar-refractivity contribution < 1.29 is 4.39 Å². The highest BCUT2D eigenvalue weighted by Crippen LogP contribution is 2.24. The van der Waals surface area contributed by atoms with Gasteiger partial charge in [0.25, 0.3) is 0 Å². The molecule has 1 aliphatic carbocycles. The summed E-state index contributed by atoms with van der Waals surface area (Å²) in [4.78, 5) is 4.36. The Bertz CT molecular complexity index is 743. The quantitative estimate of drug-likeness (QED) is 0.426. The van der Waals surface area contributed by atoms with Gasteiger partial charge in [-0.25, -0.2) is 4.39 Å². The highest BCUT2D eigenvalue weighted by Gasteiger charge is 2.10. The van der Waals surface area contributed by atoms with Gasteiger partial charge >= 0.3 is 0 Å². The molecule has 0 heterocycles. The van der Waals surface area contributed by atoms with Crippen molar-refractivity contribution in [2.75, 3.05) is 11.9 Å². The number of fused-ring (bicyclic) bond motifs is 1. The Morgan fingerprint density at radius 2 is 1.96 bits per heavy atom. The second-order valence-corrected chi connectivity index (χ2v) is 6.05. The first-order chi connectivity index (χ1) is 11.1. The molecule has 0 saturated carbocycles. The van der Waals surface area contributed by atoms with Gasteiger partial charge in [-0.2, -0.15) is 0 Å². The van der Waals surface area contributed by atoms with Crippen LogP contribution in [0.4, 0.5) is 10.1 Å². The Hall–Kier alpha value is -1.63. The van der Waals surface area contributed by atoms with E-state index in [2.05, 4.69) is 28.5 Å². The molecule has 0 radical (unpaired) electrons. The number of nitrogens with one attached hydrogen (secondary N) is 1. The first-order valence-electron chi connectivity index (χ1n) is 8.05. The van der Waals surface area contributed by atoms with Crippen LogP contribution in [-0.4, -0.2) is 12.5 Å². The van der Waals surface area contributed by atoms with Crippen LogP contribution in [0.25, 0.3) is 0 Å². The first-order valence-corrected chi connectivity index (χ1v) is 8.05. The molecule has 24 heavy (non-hydrogen) atoms. The molecule has 0 saturated heterocycles. The Morgan fingerprint density at radius 1 is 1.17 bits per heavy atom. The second kappa shape index (κ2) is 8.46. The van der Waals surface area contributed by atoms with Crippen molar-refractivity contribution in [3.63, 3.8) is 0 Å². The van der Waals surface area contributed by atoms with Crippen molar-refractivity contribution in [3.05, 3.63) is 64.5 Å². The highest BCUT2D eigenvalue weighted by atomic mass is 127. The number of aliphatic imine (C=N–C) groups is 1. The summed E-state index contributed by atoms with van der Waals surface area (Å²) in [5.41, 5.74) is 11.8. The third-order valence-corrected chi connectivity index (χ3v) is 4.34. The third kappa shape index (κ3) is 4.69. The standard InChI is InChI=1S/C19H22FN3.HI/c1-13-11-17(20)7-5-14(13)9-10-22-19(21)23-18-8-6-15-3-2-4-16(15)12-18;/h5-8,11-12H,2-4,9-10H2,1H3,(H3,21,22,23);1H. The lowest BCUT2D eigenvalue weighted by molar-refractivity contribution is 0.625. The molecule has 2 aromatic carbocycles. The van der Waals surface area contributed by atoms with E-state index < -0.39 is 0 Å². The molecule has 0 unspecified atom stereocenters. The number of aryl methyl sites for hydroxylation is 3. The smallest absolute Gasteiger partial charge is 0.193 e. The molecule has 2 aromatic rings. The van der Waals surface area contributed by atoms with Gasteiger partial charge in [0.15, 0.2) is 5.96 Å². The normalized spacial score (nSPS) is 13.3. The number of rotatable bonds is 4. The maximum atomic E-state index is 13.1. The molecule has 128 valence electrons. The molecule has 3 N–H and O–H groups in total. The summed E-state index contributed by atoms with van der Waals surface area (Å²) in [6, 6.07) is 11.2. The van der Waals surface area contributed by atoms with Gasteiger partial charge in [0, 0.05) is 12.2 Å². The Labute approximate surface area is 159 Å². The van der Waals surface area contributed by atoms with Gasteiger partial charge in [0.2, 0.25) is 0 Å². The van der Waals surface area contributed by atoms with Gasteiger partial charge in [-0.05, 0) is 79.1 Å². The topological polar surface area (TPSA) is 50.4 Å². The lowest BCUT2D eigenvalue weighted by Crippen LogP contribution is -2.23. The molecular weight excluding hydrogens is 416 g/mol. The van der Waals surface area contributed by atoms with Gasteiger partial charge in [-0.15, -0.1) is 24.0 Å². The summed E-state index contributed by atoms with van der Waals surface area (Å²) in [5, 5.41) is 3.15. The van der Waals surface area contributed by atoms with Gasteiger partial charge < -0.3 is 11.1 Å². The van der Waals surface area contributed by atoms with Crippen LogP contribution < -0.4 is 11.1 Å².